The van der Waals surface area contributed by atoms with Crippen LogP contribution in [0.2, 0.25) is 0 Å². The van der Waals surface area contributed by atoms with Gasteiger partial charge in [-0.2, -0.15) is 0 Å². The Bertz CT molecular complexity index is 301. The van der Waals surface area contributed by atoms with Gasteiger partial charge in [-0.1, -0.05) is 0 Å². The van der Waals surface area contributed by atoms with E-state index in [4.69, 9.17) is 0 Å². The molecule has 0 spiro atoms. The van der Waals surface area contributed by atoms with Crippen molar-refractivity contribution >= 4 is 0 Å². The van der Waals surface area contributed by atoms with E-state index in [9.17, 15) is 0 Å². The summed E-state index contributed by atoms with van der Waals surface area (Å²) in [6.45, 7) is 16.2. The fourth-order valence-electron chi connectivity index (χ4n) is 2.52. The predicted molar refractivity (Wildman–Crippen MR) is 64.6 cm³/mol. The van der Waals surface area contributed by atoms with Crippen molar-refractivity contribution in [2.24, 2.45) is 0 Å². The molecule has 0 aromatic rings. The van der Waals surface area contributed by atoms with Gasteiger partial charge >= 0.3 is 0 Å². The number of nitrogens with zero attached hydrogens (tertiary/aromatic N) is 2. The van der Waals surface area contributed by atoms with Crippen molar-refractivity contribution in [2.75, 3.05) is 13.1 Å². The van der Waals surface area contributed by atoms with Gasteiger partial charge in [-0.25, -0.2) is 0 Å². The first-order valence-electron chi connectivity index (χ1n) is 5.98. The Morgan fingerprint density at radius 1 is 0.867 bits per heavy atom. The average Bonchev–Trinajstić information content (AvgIpc) is 2.23. The summed E-state index contributed by atoms with van der Waals surface area (Å²) in [6.07, 6.45) is 1.28. The maximum atomic E-state index is 2.57. The standard InChI is InChI=1S/C13H24N2/c1-12(2,3)14-8-7-10-9-15(11(10)14)13(4,5)6/h7-9H2,1-6H3. The lowest BCUT2D eigenvalue weighted by molar-refractivity contribution is 0.0739. The zero-order valence-corrected chi connectivity index (χ0v) is 11.0. The topological polar surface area (TPSA) is 6.48 Å². The Kier molecular flexibility index (Phi) is 2.12. The maximum absolute atomic E-state index is 2.57. The molecule has 0 aromatic carbocycles. The summed E-state index contributed by atoms with van der Waals surface area (Å²) in [4.78, 5) is 5.11. The van der Waals surface area contributed by atoms with Gasteiger partial charge in [0.1, 0.15) is 5.82 Å². The smallest absolute Gasteiger partial charge is 0.106 e. The third-order valence-electron chi connectivity index (χ3n) is 3.43. The molecule has 2 aliphatic rings. The molecule has 0 bridgehead atoms. The summed E-state index contributed by atoms with van der Waals surface area (Å²) in [5, 5.41) is 0. The van der Waals surface area contributed by atoms with E-state index < -0.39 is 0 Å². The Hall–Kier alpha value is -0.660. The highest BCUT2D eigenvalue weighted by atomic mass is 15.4. The second-order valence-corrected chi connectivity index (χ2v) is 6.76. The van der Waals surface area contributed by atoms with Crippen LogP contribution in [0, 0.1) is 0 Å². The fraction of sp³-hybridized carbons (Fsp3) is 0.846. The normalized spacial score (nSPS) is 22.0. The third-order valence-corrected chi connectivity index (χ3v) is 3.43. The Balaban J connectivity index is 2.23. The Morgan fingerprint density at radius 2 is 1.40 bits per heavy atom. The van der Waals surface area contributed by atoms with Crippen LogP contribution >= 0.6 is 0 Å². The van der Waals surface area contributed by atoms with Crippen LogP contribution in [0.4, 0.5) is 0 Å². The van der Waals surface area contributed by atoms with Gasteiger partial charge in [0, 0.05) is 24.2 Å². The van der Waals surface area contributed by atoms with E-state index in [0.29, 0.717) is 0 Å². The molecule has 86 valence electrons. The highest BCUT2D eigenvalue weighted by Gasteiger charge is 2.43. The number of rotatable bonds is 0. The van der Waals surface area contributed by atoms with Gasteiger partial charge in [-0.15, -0.1) is 0 Å². The molecular weight excluding hydrogens is 184 g/mol. The number of hydrogen-bond donors (Lipinski definition) is 0. The lowest BCUT2D eigenvalue weighted by Gasteiger charge is -2.51. The first kappa shape index (κ1) is 10.8. The maximum Gasteiger partial charge on any atom is 0.106 e. The third kappa shape index (κ3) is 1.64. The Labute approximate surface area is 93.9 Å². The van der Waals surface area contributed by atoms with Gasteiger partial charge in [-0.05, 0) is 53.5 Å². The van der Waals surface area contributed by atoms with Crippen LogP contribution in [-0.2, 0) is 0 Å². The minimum atomic E-state index is 0.265. The molecule has 0 saturated heterocycles. The molecule has 0 saturated carbocycles. The predicted octanol–water partition coefficient (Wildman–Crippen LogP) is 2.82. The molecular formula is C13H24N2. The molecule has 0 fully saturated rings. The summed E-state index contributed by atoms with van der Waals surface area (Å²) in [5.74, 6) is 1.52. The largest absolute Gasteiger partial charge is 0.353 e. The average molecular weight is 208 g/mol. The van der Waals surface area contributed by atoms with Crippen molar-refractivity contribution < 1.29 is 0 Å². The highest BCUT2D eigenvalue weighted by Crippen LogP contribution is 2.42. The molecule has 0 aliphatic carbocycles. The van der Waals surface area contributed by atoms with E-state index in [2.05, 4.69) is 51.3 Å². The first-order valence-corrected chi connectivity index (χ1v) is 5.98. The van der Waals surface area contributed by atoms with Gasteiger partial charge in [-0.3, -0.25) is 0 Å². The zero-order chi connectivity index (χ0) is 11.4. The van der Waals surface area contributed by atoms with Gasteiger partial charge in [0.05, 0.1) is 0 Å². The lowest BCUT2D eigenvalue weighted by Crippen LogP contribution is -2.54. The molecule has 2 heteroatoms. The number of hydrogen-bond acceptors (Lipinski definition) is 2. The molecule has 0 unspecified atom stereocenters. The summed E-state index contributed by atoms with van der Waals surface area (Å²) in [6, 6.07) is 0. The molecule has 0 atom stereocenters. The molecule has 2 nitrogen and oxygen atoms in total. The van der Waals surface area contributed by atoms with Crippen LogP contribution in [0.5, 0.6) is 0 Å². The molecule has 2 rings (SSSR count). The van der Waals surface area contributed by atoms with Crippen molar-refractivity contribution in [1.82, 2.24) is 9.80 Å². The van der Waals surface area contributed by atoms with Crippen molar-refractivity contribution in [1.29, 1.82) is 0 Å². The van der Waals surface area contributed by atoms with Crippen LogP contribution < -0.4 is 0 Å². The van der Waals surface area contributed by atoms with Crippen molar-refractivity contribution in [3.05, 3.63) is 11.4 Å². The van der Waals surface area contributed by atoms with Crippen molar-refractivity contribution in [2.45, 2.75) is 59.0 Å². The van der Waals surface area contributed by atoms with E-state index in [0.717, 1.165) is 0 Å². The van der Waals surface area contributed by atoms with Crippen LogP contribution in [0.15, 0.2) is 11.4 Å². The minimum Gasteiger partial charge on any atom is -0.353 e. The van der Waals surface area contributed by atoms with E-state index >= 15 is 0 Å². The van der Waals surface area contributed by atoms with Gasteiger partial charge in [0.15, 0.2) is 0 Å². The van der Waals surface area contributed by atoms with E-state index in [1.54, 1.807) is 5.57 Å². The van der Waals surface area contributed by atoms with Gasteiger partial charge in [0.2, 0.25) is 0 Å². The van der Waals surface area contributed by atoms with Crippen LogP contribution in [0.25, 0.3) is 0 Å². The molecule has 0 amide bonds. The van der Waals surface area contributed by atoms with Crippen molar-refractivity contribution in [3.63, 3.8) is 0 Å². The van der Waals surface area contributed by atoms with Gasteiger partial charge in [0.25, 0.3) is 0 Å². The zero-order valence-electron chi connectivity index (χ0n) is 11.0. The quantitative estimate of drug-likeness (QED) is 0.604. The van der Waals surface area contributed by atoms with E-state index in [1.165, 1.54) is 25.3 Å². The summed E-state index contributed by atoms with van der Waals surface area (Å²) >= 11 is 0. The molecule has 0 N–H and O–H groups in total. The van der Waals surface area contributed by atoms with E-state index in [-0.39, 0.29) is 11.1 Å². The second kappa shape index (κ2) is 2.93. The SMILES string of the molecule is CC(C)(C)N1CCC2=C1N(C(C)(C)C)C2. The van der Waals surface area contributed by atoms with Gasteiger partial charge < -0.3 is 9.80 Å². The molecule has 0 radical (unpaired) electrons. The van der Waals surface area contributed by atoms with E-state index in [1.807, 2.05) is 0 Å². The summed E-state index contributed by atoms with van der Waals surface area (Å²) in [5.41, 5.74) is 2.20. The molecule has 15 heavy (non-hydrogen) atoms. The Morgan fingerprint density at radius 3 is 1.87 bits per heavy atom. The van der Waals surface area contributed by atoms with Crippen LogP contribution in [0.3, 0.4) is 0 Å². The molecule has 2 heterocycles. The van der Waals surface area contributed by atoms with Crippen LogP contribution in [0.1, 0.15) is 48.0 Å². The minimum absolute atomic E-state index is 0.265. The monoisotopic (exact) mass is 208 g/mol. The summed E-state index contributed by atoms with van der Waals surface area (Å²) < 4.78 is 0. The second-order valence-electron chi connectivity index (χ2n) is 6.76. The highest BCUT2D eigenvalue weighted by molar-refractivity contribution is 5.32. The van der Waals surface area contributed by atoms with Crippen LogP contribution in [-0.4, -0.2) is 34.0 Å². The molecule has 2 aliphatic heterocycles. The first-order chi connectivity index (χ1) is 6.71. The lowest BCUT2D eigenvalue weighted by atomic mass is 9.97. The summed E-state index contributed by atoms with van der Waals surface area (Å²) in [7, 11) is 0. The van der Waals surface area contributed by atoms with Crippen molar-refractivity contribution in [3.8, 4) is 0 Å². The molecule has 0 aromatic heterocycles. The fourth-order valence-corrected chi connectivity index (χ4v) is 2.52.